The summed E-state index contributed by atoms with van der Waals surface area (Å²) in [5.41, 5.74) is 10.8. The lowest BCUT2D eigenvalue weighted by Crippen LogP contribution is -2.58. The first-order chi connectivity index (χ1) is 16.0. The fourth-order valence-electron chi connectivity index (χ4n) is 4.37. The van der Waals surface area contributed by atoms with Gasteiger partial charge in [0.1, 0.15) is 12.1 Å². The van der Waals surface area contributed by atoms with Crippen LogP contribution in [0.15, 0.2) is 41.7 Å². The number of carbonyl (C=O) groups is 2. The number of hydrogen-bond donors (Lipinski definition) is 3. The van der Waals surface area contributed by atoms with Crippen molar-refractivity contribution in [1.29, 1.82) is 0 Å². The standard InChI is InChI=1S/C25H36N6O2S/c1-16(26)14-31(27)22(25(3,4)5)24(33)30-12-6-7-20(30)23(32)28-13-18-8-10-19(11-9-18)21-17(2)29-15-34-21/h8-11,14-15,20,22H,6-7,12-13,26-27H2,1-5H3,(H,28,32)/b16-14-. The van der Waals surface area contributed by atoms with Gasteiger partial charge in [0.15, 0.2) is 0 Å². The smallest absolute Gasteiger partial charge is 0.248 e. The molecule has 184 valence electrons. The Morgan fingerprint density at radius 2 is 2.00 bits per heavy atom. The summed E-state index contributed by atoms with van der Waals surface area (Å²) in [6.07, 6.45) is 2.98. The van der Waals surface area contributed by atoms with Gasteiger partial charge in [-0.25, -0.2) is 10.8 Å². The highest BCUT2D eigenvalue weighted by molar-refractivity contribution is 7.13. The minimum atomic E-state index is -0.637. The van der Waals surface area contributed by atoms with Crippen LogP contribution in [0, 0.1) is 12.3 Å². The molecular formula is C25H36N6O2S. The van der Waals surface area contributed by atoms with Gasteiger partial charge in [-0.15, -0.1) is 11.3 Å². The molecule has 1 saturated heterocycles. The lowest BCUT2D eigenvalue weighted by atomic mass is 9.85. The molecule has 1 aliphatic rings. The maximum atomic E-state index is 13.5. The summed E-state index contributed by atoms with van der Waals surface area (Å²) in [7, 11) is 0. The average molecular weight is 485 g/mol. The Kier molecular flexibility index (Phi) is 7.99. The Morgan fingerprint density at radius 3 is 2.56 bits per heavy atom. The summed E-state index contributed by atoms with van der Waals surface area (Å²) < 4.78 is 0. The quantitative estimate of drug-likeness (QED) is 0.411. The van der Waals surface area contributed by atoms with Crippen LogP contribution in [0.2, 0.25) is 0 Å². The molecule has 34 heavy (non-hydrogen) atoms. The monoisotopic (exact) mass is 484 g/mol. The molecule has 2 unspecified atom stereocenters. The number of likely N-dealkylation sites (tertiary alicyclic amines) is 1. The summed E-state index contributed by atoms with van der Waals surface area (Å²) in [5.74, 6) is 5.91. The second kappa shape index (κ2) is 10.6. The van der Waals surface area contributed by atoms with Gasteiger partial charge >= 0.3 is 0 Å². The zero-order chi connectivity index (χ0) is 25.0. The molecule has 0 bridgehead atoms. The minimum absolute atomic E-state index is 0.144. The molecule has 2 amide bonds. The second-order valence-corrected chi connectivity index (χ2v) is 10.8. The van der Waals surface area contributed by atoms with Gasteiger partial charge < -0.3 is 21.0 Å². The Balaban J connectivity index is 1.67. The van der Waals surface area contributed by atoms with Crippen molar-refractivity contribution in [3.05, 3.63) is 52.9 Å². The Hall–Kier alpha value is -2.91. The van der Waals surface area contributed by atoms with E-state index >= 15 is 0 Å². The van der Waals surface area contributed by atoms with Gasteiger partial charge in [0.25, 0.3) is 0 Å². The number of aromatic nitrogens is 1. The molecule has 0 radical (unpaired) electrons. The predicted octanol–water partition coefficient (Wildman–Crippen LogP) is 3.14. The zero-order valence-corrected chi connectivity index (χ0v) is 21.5. The number of benzene rings is 1. The van der Waals surface area contributed by atoms with Gasteiger partial charge in [-0.3, -0.25) is 9.59 Å². The molecule has 1 aromatic heterocycles. The highest BCUT2D eigenvalue weighted by Crippen LogP contribution is 2.29. The number of hydrazine groups is 1. The van der Waals surface area contributed by atoms with Crippen molar-refractivity contribution in [2.45, 2.75) is 66.1 Å². The number of rotatable bonds is 7. The SMILES string of the molecule is C/C(N)=C/N(N)C(C(=O)N1CCCC1C(=O)NCc1ccc(-c2scnc2C)cc1)C(C)(C)C. The lowest BCUT2D eigenvalue weighted by Gasteiger charge is -2.39. The predicted molar refractivity (Wildman–Crippen MR) is 136 cm³/mol. The number of thiazole rings is 1. The van der Waals surface area contributed by atoms with Crippen LogP contribution in [0.3, 0.4) is 0 Å². The summed E-state index contributed by atoms with van der Waals surface area (Å²) >= 11 is 1.61. The molecule has 2 atom stereocenters. The number of allylic oxidation sites excluding steroid dienone is 1. The van der Waals surface area contributed by atoms with E-state index in [2.05, 4.69) is 10.3 Å². The normalized spacial score (nSPS) is 17.5. The summed E-state index contributed by atoms with van der Waals surface area (Å²) in [5, 5.41) is 4.38. The number of carbonyl (C=O) groups excluding carboxylic acids is 2. The Labute approximate surface area is 206 Å². The molecule has 9 heteroatoms. The van der Waals surface area contributed by atoms with E-state index in [9.17, 15) is 9.59 Å². The maximum absolute atomic E-state index is 13.5. The highest BCUT2D eigenvalue weighted by Gasteiger charge is 2.42. The molecule has 1 fully saturated rings. The van der Waals surface area contributed by atoms with Crippen LogP contribution in [-0.2, 0) is 16.1 Å². The third-order valence-electron chi connectivity index (χ3n) is 5.97. The van der Waals surface area contributed by atoms with Crippen LogP contribution >= 0.6 is 11.3 Å². The minimum Gasteiger partial charge on any atom is -0.401 e. The highest BCUT2D eigenvalue weighted by atomic mass is 32.1. The first kappa shape index (κ1) is 25.7. The van der Waals surface area contributed by atoms with E-state index in [0.717, 1.165) is 28.1 Å². The van der Waals surface area contributed by atoms with Crippen molar-refractivity contribution >= 4 is 23.2 Å². The van der Waals surface area contributed by atoms with Crippen molar-refractivity contribution in [3.63, 3.8) is 0 Å². The Morgan fingerprint density at radius 1 is 1.32 bits per heavy atom. The van der Waals surface area contributed by atoms with Gasteiger partial charge in [0.05, 0.1) is 16.1 Å². The molecule has 8 nitrogen and oxygen atoms in total. The first-order valence-corrected chi connectivity index (χ1v) is 12.4. The van der Waals surface area contributed by atoms with Crippen LogP contribution < -0.4 is 16.9 Å². The molecule has 1 aromatic carbocycles. The van der Waals surface area contributed by atoms with Crippen LogP contribution in [0.4, 0.5) is 0 Å². The van der Waals surface area contributed by atoms with E-state index in [1.54, 1.807) is 29.4 Å². The number of nitrogens with two attached hydrogens (primary N) is 2. The zero-order valence-electron chi connectivity index (χ0n) is 20.7. The Bertz CT molecular complexity index is 1040. The third-order valence-corrected chi connectivity index (χ3v) is 6.95. The molecule has 1 aliphatic heterocycles. The van der Waals surface area contributed by atoms with Crippen molar-refractivity contribution in [2.75, 3.05) is 6.54 Å². The number of amides is 2. The van der Waals surface area contributed by atoms with Crippen molar-refractivity contribution < 1.29 is 9.59 Å². The molecule has 3 rings (SSSR count). The first-order valence-electron chi connectivity index (χ1n) is 11.5. The van der Waals surface area contributed by atoms with Gasteiger partial charge in [-0.05, 0) is 43.2 Å². The van der Waals surface area contributed by atoms with Gasteiger partial charge in [0.2, 0.25) is 11.8 Å². The average Bonchev–Trinajstić information content (AvgIpc) is 3.40. The lowest BCUT2D eigenvalue weighted by molar-refractivity contribution is -0.145. The molecule has 0 saturated carbocycles. The van der Waals surface area contributed by atoms with Crippen LogP contribution in [-0.4, -0.2) is 45.3 Å². The molecular weight excluding hydrogens is 448 g/mol. The van der Waals surface area contributed by atoms with Crippen LogP contribution in [0.25, 0.3) is 10.4 Å². The molecule has 2 heterocycles. The topological polar surface area (TPSA) is 118 Å². The van der Waals surface area contributed by atoms with E-state index in [1.807, 2.05) is 57.5 Å². The van der Waals surface area contributed by atoms with E-state index < -0.39 is 17.5 Å². The fourth-order valence-corrected chi connectivity index (χ4v) is 5.19. The van der Waals surface area contributed by atoms with E-state index in [4.69, 9.17) is 11.6 Å². The van der Waals surface area contributed by atoms with Crippen LogP contribution in [0.5, 0.6) is 0 Å². The maximum Gasteiger partial charge on any atom is 0.248 e. The second-order valence-electron chi connectivity index (χ2n) is 9.96. The molecule has 5 N–H and O–H groups in total. The number of hydrogen-bond acceptors (Lipinski definition) is 7. The van der Waals surface area contributed by atoms with Gasteiger partial charge in [-0.1, -0.05) is 45.0 Å². The molecule has 2 aromatic rings. The van der Waals surface area contributed by atoms with Crippen molar-refractivity contribution in [3.8, 4) is 10.4 Å². The van der Waals surface area contributed by atoms with Crippen LogP contribution in [0.1, 0.15) is 51.8 Å². The molecule has 0 spiro atoms. The number of nitrogens with zero attached hydrogens (tertiary/aromatic N) is 3. The van der Waals surface area contributed by atoms with Gasteiger partial charge in [0, 0.05) is 25.0 Å². The summed E-state index contributed by atoms with van der Waals surface area (Å²) in [6.45, 7) is 10.5. The number of nitrogens with one attached hydrogen (secondary N) is 1. The fraction of sp³-hybridized carbons (Fsp3) is 0.480. The number of aryl methyl sites for hydroxylation is 1. The summed E-state index contributed by atoms with van der Waals surface area (Å²) in [4.78, 5) is 33.7. The largest absolute Gasteiger partial charge is 0.401 e. The van der Waals surface area contributed by atoms with E-state index in [1.165, 1.54) is 5.01 Å². The van der Waals surface area contributed by atoms with E-state index in [-0.39, 0.29) is 11.8 Å². The van der Waals surface area contributed by atoms with Crippen molar-refractivity contribution in [2.24, 2.45) is 17.0 Å². The van der Waals surface area contributed by atoms with Crippen molar-refractivity contribution in [1.82, 2.24) is 20.2 Å². The van der Waals surface area contributed by atoms with Gasteiger partial charge in [-0.2, -0.15) is 0 Å². The van der Waals surface area contributed by atoms with E-state index in [0.29, 0.717) is 25.2 Å². The molecule has 0 aliphatic carbocycles. The summed E-state index contributed by atoms with van der Waals surface area (Å²) in [6, 6.07) is 6.97. The third kappa shape index (κ3) is 5.95.